The third-order valence-electron chi connectivity index (χ3n) is 13.8. The average Bonchev–Trinajstić information content (AvgIpc) is 3.20. The molecule has 3 aromatic carbocycles. The Bertz CT molecular complexity index is 2300. The van der Waals surface area contributed by atoms with Crippen LogP contribution in [-0.2, 0) is 45.0 Å². The van der Waals surface area contributed by atoms with Gasteiger partial charge in [-0.3, -0.25) is 9.59 Å². The van der Waals surface area contributed by atoms with Gasteiger partial charge >= 0.3 is 11.9 Å². The van der Waals surface area contributed by atoms with Crippen molar-refractivity contribution < 1.29 is 49.4 Å². The second-order valence-corrected chi connectivity index (χ2v) is 17.3. The number of aliphatic hydroxyl groups is 3. The van der Waals surface area contributed by atoms with Crippen molar-refractivity contribution in [2.45, 2.75) is 100 Å². The highest BCUT2D eigenvalue weighted by atomic mass is 16.6. The maximum atomic E-state index is 15.0. The third-order valence-corrected chi connectivity index (χ3v) is 13.8. The van der Waals surface area contributed by atoms with Crippen molar-refractivity contribution >= 4 is 17.7 Å². The normalized spacial score (nSPS) is 33.8. The first-order valence-electron chi connectivity index (χ1n) is 20.6. The van der Waals surface area contributed by atoms with E-state index in [2.05, 4.69) is 24.0 Å². The molecule has 3 aliphatic heterocycles. The SMILES string of the molecule is O=C1C[C@H]2C#C[C@H](c3cc(O)cc(CO)c3)C/C3=C/[C@H](O)Cc4cccc(c4)C[C@H]4C(=O)CC[C@@H]5[C@H]4C[C@@H]4C=CCC[C@@H]4[C@@]5(O)[C@@H](Cc4cc2c(cc4O)O1)OC3=O. The van der Waals surface area contributed by atoms with Crippen molar-refractivity contribution in [2.24, 2.45) is 29.6 Å². The van der Waals surface area contributed by atoms with Gasteiger partial charge in [-0.2, -0.15) is 0 Å². The van der Waals surface area contributed by atoms with Crippen LogP contribution in [0.4, 0.5) is 0 Å². The molecule has 3 aromatic rings. The van der Waals surface area contributed by atoms with Gasteiger partial charge in [0.25, 0.3) is 0 Å². The Balaban J connectivity index is 1.27. The molecule has 10 nitrogen and oxygen atoms in total. The lowest BCUT2D eigenvalue weighted by atomic mass is 9.49. The topological polar surface area (TPSA) is 171 Å². The number of phenolic OH excluding ortho intramolecular Hbond substituents is 2. The summed E-state index contributed by atoms with van der Waals surface area (Å²) in [4.78, 5) is 41.9. The average molecular weight is 785 g/mol. The highest BCUT2D eigenvalue weighted by molar-refractivity contribution is 5.89. The van der Waals surface area contributed by atoms with Crippen molar-refractivity contribution in [1.29, 1.82) is 0 Å². The standard InChI is InChI=1S/C48H48O10/c49-25-28-13-32(18-36(51)15-28)29-8-9-30-23-46(54)57-44-24-43(53)33(21-37(30)44)22-45-48(56)40-7-2-1-6-31(40)20-38-39(42(52)11-10-41(38)48)16-27-5-3-4-26(12-27)14-35(50)19-34(17-29)47(55)58-45/h1,3-6,12-13,15,18-19,21,24,29-31,35,38-41,45,49-51,53,56H,2,7,10-11,14,16-17,20,22-23,25H2/b34-19-/t29-,30+,31-,35+,38-,39+,40-,41+,45+,48-/m0/s1. The molecule has 3 heterocycles. The maximum absolute atomic E-state index is 15.0. The van der Waals surface area contributed by atoms with E-state index in [1.54, 1.807) is 12.1 Å². The number of rotatable bonds is 2. The number of fused-ring (bicyclic) bond motifs is 9. The van der Waals surface area contributed by atoms with Crippen molar-refractivity contribution in [3.63, 3.8) is 0 Å². The Labute approximate surface area is 337 Å². The van der Waals surface area contributed by atoms with E-state index in [9.17, 15) is 35.1 Å². The zero-order chi connectivity index (χ0) is 40.3. The van der Waals surface area contributed by atoms with E-state index in [1.807, 2.05) is 24.3 Å². The van der Waals surface area contributed by atoms with Crippen LogP contribution in [0, 0.1) is 41.4 Å². The first-order chi connectivity index (χ1) is 28.0. The molecule has 0 amide bonds. The number of ether oxygens (including phenoxy) is 2. The first-order valence-corrected chi connectivity index (χ1v) is 20.6. The van der Waals surface area contributed by atoms with E-state index in [-0.39, 0.29) is 91.0 Å². The van der Waals surface area contributed by atoms with Crippen LogP contribution in [-0.4, -0.2) is 61.1 Å². The predicted molar refractivity (Wildman–Crippen MR) is 211 cm³/mol. The second kappa shape index (κ2) is 15.2. The van der Waals surface area contributed by atoms with E-state index in [4.69, 9.17) is 9.47 Å². The summed E-state index contributed by atoms with van der Waals surface area (Å²) in [6.45, 7) is -0.357. The van der Waals surface area contributed by atoms with Crippen LogP contribution in [0.15, 0.2) is 78.4 Å². The quantitative estimate of drug-likeness (QED) is 0.0949. The fourth-order valence-electron chi connectivity index (χ4n) is 11.1. The molecule has 9 rings (SSSR count). The zero-order valence-corrected chi connectivity index (χ0v) is 32.2. The molecule has 3 aliphatic carbocycles. The fraction of sp³-hybridized carbons (Fsp3) is 0.438. The molecule has 0 saturated heterocycles. The van der Waals surface area contributed by atoms with E-state index >= 15 is 4.79 Å². The Morgan fingerprint density at radius 3 is 2.50 bits per heavy atom. The van der Waals surface area contributed by atoms with E-state index in [1.165, 1.54) is 24.3 Å². The number of carbonyl (C=O) groups is 3. The molecule has 10 atom stereocenters. The van der Waals surface area contributed by atoms with Crippen LogP contribution >= 0.6 is 0 Å². The summed E-state index contributed by atoms with van der Waals surface area (Å²) in [5.41, 5.74) is 2.16. The number of hydrogen-bond acceptors (Lipinski definition) is 10. The Kier molecular flexibility index (Phi) is 10.0. The minimum atomic E-state index is -1.62. The Hall–Kier alpha value is -5.21. The molecule has 2 fully saturated rings. The highest BCUT2D eigenvalue weighted by Crippen LogP contribution is 2.57. The van der Waals surface area contributed by atoms with Crippen LogP contribution in [0.2, 0.25) is 0 Å². The second-order valence-electron chi connectivity index (χ2n) is 17.3. The lowest BCUT2D eigenvalue weighted by Crippen LogP contribution is -2.65. The van der Waals surface area contributed by atoms with E-state index in [0.717, 1.165) is 17.5 Å². The van der Waals surface area contributed by atoms with Gasteiger partial charge < -0.3 is 35.0 Å². The number of Topliss-reactive ketones (excluding diaryl/α,β-unsaturated/α-hetero) is 1. The van der Waals surface area contributed by atoms with Gasteiger partial charge in [0.05, 0.1) is 25.0 Å². The van der Waals surface area contributed by atoms with Crippen LogP contribution in [0.3, 0.4) is 0 Å². The molecular weight excluding hydrogens is 737 g/mol. The fourth-order valence-corrected chi connectivity index (χ4v) is 11.1. The van der Waals surface area contributed by atoms with E-state index < -0.39 is 47.5 Å². The number of carbonyl (C=O) groups excluding carboxylic acids is 3. The highest BCUT2D eigenvalue weighted by Gasteiger charge is 2.62. The van der Waals surface area contributed by atoms with Gasteiger partial charge in [-0.15, -0.1) is 0 Å². The van der Waals surface area contributed by atoms with Crippen LogP contribution in [0.25, 0.3) is 0 Å². The lowest BCUT2D eigenvalue weighted by molar-refractivity contribution is -0.221. The van der Waals surface area contributed by atoms with Crippen LogP contribution < -0.4 is 4.74 Å². The number of hydrogen-bond donors (Lipinski definition) is 5. The summed E-state index contributed by atoms with van der Waals surface area (Å²) >= 11 is 0. The molecule has 0 unspecified atom stereocenters. The van der Waals surface area contributed by atoms with Crippen molar-refractivity contribution in [2.75, 3.05) is 0 Å². The summed E-state index contributed by atoms with van der Waals surface area (Å²) in [5, 5.41) is 57.8. The largest absolute Gasteiger partial charge is 0.508 e. The number of allylic oxidation sites excluding steroid dienone is 2. The maximum Gasteiger partial charge on any atom is 0.334 e. The molecule has 10 heteroatoms. The number of aromatic hydroxyl groups is 2. The lowest BCUT2D eigenvalue weighted by Gasteiger charge is -2.58. The first kappa shape index (κ1) is 38.3. The molecule has 0 aromatic heterocycles. The number of ketones is 1. The molecule has 300 valence electrons. The van der Waals surface area contributed by atoms with Crippen molar-refractivity contribution in [3.05, 3.63) is 112 Å². The van der Waals surface area contributed by atoms with Gasteiger partial charge in [-0.25, -0.2) is 4.79 Å². The van der Waals surface area contributed by atoms with E-state index in [0.29, 0.717) is 47.9 Å². The summed E-state index contributed by atoms with van der Waals surface area (Å²) < 4.78 is 12.3. The molecule has 2 saturated carbocycles. The number of aliphatic hydroxyl groups excluding tert-OH is 2. The molecule has 5 N–H and O–H groups in total. The molecular formula is C48H48O10. The Morgan fingerprint density at radius 1 is 0.862 bits per heavy atom. The molecule has 10 bridgehead atoms. The van der Waals surface area contributed by atoms with Gasteiger partial charge in [0, 0.05) is 48.3 Å². The Morgan fingerprint density at radius 2 is 1.67 bits per heavy atom. The monoisotopic (exact) mass is 784 g/mol. The summed E-state index contributed by atoms with van der Waals surface area (Å²) in [6.07, 6.45) is 6.64. The molecule has 6 aliphatic rings. The van der Waals surface area contributed by atoms with Gasteiger partial charge in [0.15, 0.2) is 0 Å². The molecule has 58 heavy (non-hydrogen) atoms. The van der Waals surface area contributed by atoms with Crippen LogP contribution in [0.1, 0.15) is 90.2 Å². The summed E-state index contributed by atoms with van der Waals surface area (Å²) in [7, 11) is 0. The van der Waals surface area contributed by atoms with Gasteiger partial charge in [0.1, 0.15) is 34.7 Å². The van der Waals surface area contributed by atoms with Crippen molar-refractivity contribution in [1.82, 2.24) is 0 Å². The number of esters is 2. The minimum Gasteiger partial charge on any atom is -0.508 e. The van der Waals surface area contributed by atoms with Gasteiger partial charge in [-0.1, -0.05) is 54.3 Å². The van der Waals surface area contributed by atoms with Gasteiger partial charge in [-0.05, 0) is 114 Å². The van der Waals surface area contributed by atoms with Gasteiger partial charge in [0.2, 0.25) is 0 Å². The smallest absolute Gasteiger partial charge is 0.334 e. The number of benzene rings is 3. The summed E-state index contributed by atoms with van der Waals surface area (Å²) in [6, 6.07) is 15.6. The zero-order valence-electron chi connectivity index (χ0n) is 32.2. The predicted octanol–water partition coefficient (Wildman–Crippen LogP) is 5.64. The third kappa shape index (κ3) is 7.03. The van der Waals surface area contributed by atoms with Crippen LogP contribution in [0.5, 0.6) is 17.2 Å². The van der Waals surface area contributed by atoms with Crippen molar-refractivity contribution in [3.8, 4) is 29.1 Å². The minimum absolute atomic E-state index is 0.0720. The molecule has 0 radical (unpaired) electrons. The molecule has 0 spiro atoms. The number of phenols is 2. The summed E-state index contributed by atoms with van der Waals surface area (Å²) in [5.74, 6) is 2.44.